The average molecular weight is 376 g/mol. The Balaban J connectivity index is 1.72. The Hall–Kier alpha value is -2.95. The number of hydrogen-bond acceptors (Lipinski definition) is 4. The Kier molecular flexibility index (Phi) is 4.75. The third-order valence-electron chi connectivity index (χ3n) is 5.67. The number of fused-ring (bicyclic) bond motifs is 1. The number of aryl methyl sites for hydroxylation is 2. The first-order chi connectivity index (χ1) is 13.4. The molecule has 2 heterocycles. The third kappa shape index (κ3) is 3.33. The van der Waals surface area contributed by atoms with Crippen LogP contribution < -0.4 is 10.2 Å². The highest BCUT2D eigenvalue weighted by atomic mass is 19.1. The Morgan fingerprint density at radius 1 is 1.07 bits per heavy atom. The number of nitrogens with zero attached hydrogens (tertiary/aromatic N) is 3. The Labute approximate surface area is 165 Å². The number of aromatic nitrogens is 2. The topological polar surface area (TPSA) is 41.1 Å². The van der Waals surface area contributed by atoms with Crippen molar-refractivity contribution in [3.8, 4) is 0 Å². The van der Waals surface area contributed by atoms with E-state index < -0.39 is 0 Å². The van der Waals surface area contributed by atoms with Gasteiger partial charge in [0.1, 0.15) is 11.6 Å². The summed E-state index contributed by atoms with van der Waals surface area (Å²) < 4.78 is 13.8. The molecule has 0 radical (unpaired) electrons. The maximum atomic E-state index is 13.8. The van der Waals surface area contributed by atoms with Gasteiger partial charge in [-0.3, -0.25) is 0 Å². The van der Waals surface area contributed by atoms with Gasteiger partial charge in [0.25, 0.3) is 0 Å². The van der Waals surface area contributed by atoms with E-state index in [0.29, 0.717) is 5.95 Å². The zero-order valence-electron chi connectivity index (χ0n) is 16.8. The highest BCUT2D eigenvalue weighted by Gasteiger charge is 2.27. The van der Waals surface area contributed by atoms with Crippen LogP contribution in [0.1, 0.15) is 40.9 Å². The fourth-order valence-corrected chi connectivity index (χ4v) is 3.86. The van der Waals surface area contributed by atoms with Crippen molar-refractivity contribution < 1.29 is 4.39 Å². The molecule has 2 aromatic carbocycles. The summed E-state index contributed by atoms with van der Waals surface area (Å²) in [7, 11) is 0. The molecule has 0 aliphatic carbocycles. The van der Waals surface area contributed by atoms with Crippen molar-refractivity contribution in [2.45, 2.75) is 40.2 Å². The summed E-state index contributed by atoms with van der Waals surface area (Å²) in [6.07, 6.45) is 0.878. The molecule has 0 saturated heterocycles. The number of benzene rings is 2. The Morgan fingerprint density at radius 2 is 1.86 bits per heavy atom. The average Bonchev–Trinajstić information content (AvgIpc) is 2.67. The van der Waals surface area contributed by atoms with Gasteiger partial charge in [-0.2, -0.15) is 4.98 Å². The van der Waals surface area contributed by atoms with E-state index in [-0.39, 0.29) is 11.9 Å². The van der Waals surface area contributed by atoms with E-state index in [2.05, 4.69) is 42.0 Å². The van der Waals surface area contributed by atoms with Crippen LogP contribution in [0.5, 0.6) is 0 Å². The predicted molar refractivity (Wildman–Crippen MR) is 112 cm³/mol. The van der Waals surface area contributed by atoms with Gasteiger partial charge in [0.05, 0.1) is 6.04 Å². The molecule has 1 aliphatic rings. The molecule has 5 heteroatoms. The number of hydrogen-bond donors (Lipinski definition) is 1. The molecule has 1 aliphatic heterocycles. The number of halogens is 1. The zero-order chi connectivity index (χ0) is 19.8. The molecule has 1 aromatic heterocycles. The molecule has 4 nitrogen and oxygen atoms in total. The molecule has 3 aromatic rings. The van der Waals surface area contributed by atoms with Gasteiger partial charge in [-0.05, 0) is 69.0 Å². The van der Waals surface area contributed by atoms with E-state index in [1.807, 2.05) is 31.2 Å². The van der Waals surface area contributed by atoms with Gasteiger partial charge in [0.15, 0.2) is 0 Å². The standard InChI is InChI=1S/C23H25FN4/c1-14-7-5-6-8-21(14)26-23-25-16(3)15(2)22(27-23)28-12-11-18-9-10-19(24)13-20(18)17(28)4/h5-10,13,17H,11-12H2,1-4H3,(H,25,26,27). The van der Waals surface area contributed by atoms with E-state index >= 15 is 0 Å². The van der Waals surface area contributed by atoms with Gasteiger partial charge in [-0.15, -0.1) is 0 Å². The second-order valence-corrected chi connectivity index (χ2v) is 7.48. The lowest BCUT2D eigenvalue weighted by Crippen LogP contribution is -2.35. The lowest BCUT2D eigenvalue weighted by molar-refractivity contribution is 0.589. The van der Waals surface area contributed by atoms with Crippen LogP contribution >= 0.6 is 0 Å². The molecule has 4 rings (SSSR count). The number of para-hydroxylation sites is 1. The van der Waals surface area contributed by atoms with Crippen molar-refractivity contribution in [2.75, 3.05) is 16.8 Å². The van der Waals surface area contributed by atoms with Crippen molar-refractivity contribution in [3.05, 3.63) is 76.2 Å². The molecule has 144 valence electrons. The summed E-state index contributed by atoms with van der Waals surface area (Å²) in [6, 6.07) is 13.3. The van der Waals surface area contributed by atoms with Crippen LogP contribution in [0, 0.1) is 26.6 Å². The summed E-state index contributed by atoms with van der Waals surface area (Å²) in [5, 5.41) is 3.35. The molecule has 1 N–H and O–H groups in total. The Morgan fingerprint density at radius 3 is 2.64 bits per heavy atom. The van der Waals surface area contributed by atoms with Crippen molar-refractivity contribution in [1.82, 2.24) is 9.97 Å². The van der Waals surface area contributed by atoms with Crippen molar-refractivity contribution in [2.24, 2.45) is 0 Å². The van der Waals surface area contributed by atoms with Crippen molar-refractivity contribution >= 4 is 17.5 Å². The number of nitrogens with one attached hydrogen (secondary N) is 1. The lowest BCUT2D eigenvalue weighted by Gasteiger charge is -2.37. The summed E-state index contributed by atoms with van der Waals surface area (Å²) in [5.74, 6) is 1.31. The summed E-state index contributed by atoms with van der Waals surface area (Å²) in [5.41, 5.74) is 6.39. The first-order valence-electron chi connectivity index (χ1n) is 9.67. The number of anilines is 3. The van der Waals surface area contributed by atoms with E-state index in [0.717, 1.165) is 46.9 Å². The molecule has 0 fully saturated rings. The maximum absolute atomic E-state index is 13.8. The van der Waals surface area contributed by atoms with Crippen LogP contribution in [0.3, 0.4) is 0 Å². The second-order valence-electron chi connectivity index (χ2n) is 7.48. The third-order valence-corrected chi connectivity index (χ3v) is 5.67. The minimum Gasteiger partial charge on any atom is -0.349 e. The van der Waals surface area contributed by atoms with E-state index in [9.17, 15) is 4.39 Å². The summed E-state index contributed by atoms with van der Waals surface area (Å²) in [4.78, 5) is 11.7. The van der Waals surface area contributed by atoms with Crippen LogP contribution in [0.4, 0.5) is 21.8 Å². The van der Waals surface area contributed by atoms with E-state index in [4.69, 9.17) is 4.98 Å². The van der Waals surface area contributed by atoms with Gasteiger partial charge in [0, 0.05) is 23.5 Å². The first kappa shape index (κ1) is 18.4. The molecule has 1 atom stereocenters. The zero-order valence-corrected chi connectivity index (χ0v) is 16.8. The fraction of sp³-hybridized carbons (Fsp3) is 0.304. The summed E-state index contributed by atoms with van der Waals surface area (Å²) >= 11 is 0. The largest absolute Gasteiger partial charge is 0.349 e. The van der Waals surface area contributed by atoms with Gasteiger partial charge in [0.2, 0.25) is 5.95 Å². The fourth-order valence-electron chi connectivity index (χ4n) is 3.86. The van der Waals surface area contributed by atoms with Gasteiger partial charge in [-0.1, -0.05) is 24.3 Å². The highest BCUT2D eigenvalue weighted by Crippen LogP contribution is 2.35. The lowest BCUT2D eigenvalue weighted by atomic mass is 9.93. The molecule has 0 bridgehead atoms. The van der Waals surface area contributed by atoms with E-state index in [1.54, 1.807) is 12.1 Å². The van der Waals surface area contributed by atoms with Crippen LogP contribution in [0.15, 0.2) is 42.5 Å². The normalized spacial score (nSPS) is 16.0. The minimum absolute atomic E-state index is 0.0544. The van der Waals surface area contributed by atoms with Crippen LogP contribution in [0.25, 0.3) is 0 Å². The molecular weight excluding hydrogens is 351 g/mol. The van der Waals surface area contributed by atoms with Crippen LogP contribution in [-0.4, -0.2) is 16.5 Å². The SMILES string of the molecule is Cc1ccccc1Nc1nc(C)c(C)c(N2CCc3ccc(F)cc3C2C)n1. The molecule has 28 heavy (non-hydrogen) atoms. The van der Waals surface area contributed by atoms with Crippen LogP contribution in [-0.2, 0) is 6.42 Å². The van der Waals surface area contributed by atoms with Gasteiger partial charge in [-0.25, -0.2) is 9.37 Å². The summed E-state index contributed by atoms with van der Waals surface area (Å²) in [6.45, 7) is 9.08. The monoisotopic (exact) mass is 376 g/mol. The minimum atomic E-state index is -0.190. The second kappa shape index (κ2) is 7.23. The smallest absolute Gasteiger partial charge is 0.229 e. The Bertz CT molecular complexity index is 1030. The first-order valence-corrected chi connectivity index (χ1v) is 9.67. The predicted octanol–water partition coefficient (Wildman–Crippen LogP) is 5.41. The highest BCUT2D eigenvalue weighted by molar-refractivity contribution is 5.61. The molecular formula is C23H25FN4. The maximum Gasteiger partial charge on any atom is 0.229 e. The molecule has 1 unspecified atom stereocenters. The molecule has 0 saturated carbocycles. The van der Waals surface area contributed by atoms with E-state index in [1.165, 1.54) is 5.56 Å². The molecule has 0 amide bonds. The van der Waals surface area contributed by atoms with Gasteiger partial charge >= 0.3 is 0 Å². The molecule has 0 spiro atoms. The number of rotatable bonds is 3. The van der Waals surface area contributed by atoms with Gasteiger partial charge < -0.3 is 10.2 Å². The van der Waals surface area contributed by atoms with Crippen LogP contribution in [0.2, 0.25) is 0 Å². The van der Waals surface area contributed by atoms with Crippen molar-refractivity contribution in [3.63, 3.8) is 0 Å². The van der Waals surface area contributed by atoms with Crippen molar-refractivity contribution in [1.29, 1.82) is 0 Å². The quantitative estimate of drug-likeness (QED) is 0.664.